The second-order valence-corrected chi connectivity index (χ2v) is 3.94. The van der Waals surface area contributed by atoms with Gasteiger partial charge in [-0.05, 0) is 12.1 Å². The average molecular weight is 267 g/mol. The third-order valence-electron chi connectivity index (χ3n) is 2.45. The Balaban J connectivity index is 2.60. The van der Waals surface area contributed by atoms with Crippen molar-refractivity contribution in [3.05, 3.63) is 12.1 Å². The fourth-order valence-corrected chi connectivity index (χ4v) is 2.11. The van der Waals surface area contributed by atoms with E-state index in [-0.39, 0.29) is 0 Å². The van der Waals surface area contributed by atoms with Gasteiger partial charge in [0.2, 0.25) is 5.75 Å². The van der Waals surface area contributed by atoms with E-state index in [1.165, 1.54) is 0 Å². The van der Waals surface area contributed by atoms with Crippen LogP contribution in [0.5, 0.6) is 17.2 Å². The number of nitrogen functional groups attached to an aromatic ring is 1. The third-order valence-corrected chi connectivity index (χ3v) is 2.99. The number of rotatable bonds is 4. The molecule has 0 atom stereocenters. The molecule has 1 aromatic heterocycles. The topological polar surface area (TPSA) is 79.5 Å². The number of hydrogen-bond donors (Lipinski definition) is 1. The summed E-state index contributed by atoms with van der Waals surface area (Å²) < 4.78 is 23.9. The first-order valence-corrected chi connectivity index (χ1v) is 5.82. The molecule has 0 radical (unpaired) electrons. The number of aromatic nitrogens is 2. The first-order chi connectivity index (χ1) is 8.71. The van der Waals surface area contributed by atoms with Crippen molar-refractivity contribution in [1.82, 2.24) is 8.75 Å². The van der Waals surface area contributed by atoms with Crippen molar-refractivity contribution in [3.63, 3.8) is 0 Å². The van der Waals surface area contributed by atoms with E-state index in [9.17, 15) is 0 Å². The zero-order valence-electron chi connectivity index (χ0n) is 10.3. The monoisotopic (exact) mass is 267 g/mol. The van der Waals surface area contributed by atoms with E-state index < -0.39 is 0 Å². The van der Waals surface area contributed by atoms with E-state index in [1.54, 1.807) is 33.5 Å². The van der Waals surface area contributed by atoms with Gasteiger partial charge in [-0.2, -0.15) is 8.75 Å². The molecule has 0 amide bonds. The number of methoxy groups -OCH3 is 3. The van der Waals surface area contributed by atoms with Crippen LogP contribution < -0.4 is 19.9 Å². The van der Waals surface area contributed by atoms with Gasteiger partial charge in [-0.3, -0.25) is 0 Å². The lowest BCUT2D eigenvalue weighted by Crippen LogP contribution is -1.96. The van der Waals surface area contributed by atoms with Crippen molar-refractivity contribution in [2.24, 2.45) is 0 Å². The average Bonchev–Trinajstić information content (AvgIpc) is 2.83. The van der Waals surface area contributed by atoms with Crippen molar-refractivity contribution in [1.29, 1.82) is 0 Å². The maximum atomic E-state index is 5.75. The van der Waals surface area contributed by atoms with Gasteiger partial charge in [0, 0.05) is 5.56 Å². The number of benzene rings is 1. The molecule has 0 fully saturated rings. The molecule has 0 spiro atoms. The van der Waals surface area contributed by atoms with Crippen molar-refractivity contribution in [2.75, 3.05) is 27.1 Å². The normalized spacial score (nSPS) is 10.2. The van der Waals surface area contributed by atoms with E-state index in [0.29, 0.717) is 28.8 Å². The molecule has 18 heavy (non-hydrogen) atoms. The lowest BCUT2D eigenvalue weighted by molar-refractivity contribution is 0.324. The summed E-state index contributed by atoms with van der Waals surface area (Å²) in [4.78, 5) is 0. The Hall–Kier alpha value is -2.02. The molecule has 2 N–H and O–H groups in total. The smallest absolute Gasteiger partial charge is 0.203 e. The van der Waals surface area contributed by atoms with Crippen molar-refractivity contribution >= 4 is 17.5 Å². The molecule has 1 aromatic carbocycles. The minimum atomic E-state index is 0.384. The van der Waals surface area contributed by atoms with Crippen LogP contribution in [0.1, 0.15) is 0 Å². The summed E-state index contributed by atoms with van der Waals surface area (Å²) in [6, 6.07) is 3.57. The number of nitrogens with zero attached hydrogens (tertiary/aromatic N) is 2. The molecule has 0 bridgehead atoms. The summed E-state index contributed by atoms with van der Waals surface area (Å²) in [6.45, 7) is 0. The molecule has 2 rings (SSSR count). The van der Waals surface area contributed by atoms with Crippen LogP contribution in [0.3, 0.4) is 0 Å². The van der Waals surface area contributed by atoms with Crippen LogP contribution in [0.15, 0.2) is 12.1 Å². The first kappa shape index (κ1) is 12.4. The number of anilines is 1. The molecule has 0 saturated heterocycles. The number of hydrogen-bond acceptors (Lipinski definition) is 7. The van der Waals surface area contributed by atoms with E-state index in [2.05, 4.69) is 8.75 Å². The maximum Gasteiger partial charge on any atom is 0.203 e. The molecule has 6 nitrogen and oxygen atoms in total. The van der Waals surface area contributed by atoms with Crippen LogP contribution in [0.4, 0.5) is 5.82 Å². The molecule has 2 aromatic rings. The van der Waals surface area contributed by atoms with Crippen LogP contribution in [0.25, 0.3) is 11.3 Å². The molecule has 1 heterocycles. The van der Waals surface area contributed by atoms with E-state index in [0.717, 1.165) is 17.3 Å². The molecule has 7 heteroatoms. The van der Waals surface area contributed by atoms with E-state index >= 15 is 0 Å². The molecular formula is C11H13N3O3S. The van der Waals surface area contributed by atoms with Gasteiger partial charge < -0.3 is 19.9 Å². The van der Waals surface area contributed by atoms with Crippen LogP contribution in [-0.4, -0.2) is 30.1 Å². The molecule has 0 saturated carbocycles. The second kappa shape index (κ2) is 5.09. The Morgan fingerprint density at radius 3 is 2.00 bits per heavy atom. The molecule has 96 valence electrons. The zero-order valence-corrected chi connectivity index (χ0v) is 11.1. The Bertz CT molecular complexity index is 531. The van der Waals surface area contributed by atoms with Crippen LogP contribution in [0, 0.1) is 0 Å². The fourth-order valence-electron chi connectivity index (χ4n) is 1.61. The van der Waals surface area contributed by atoms with Gasteiger partial charge in [0.25, 0.3) is 0 Å². The fraction of sp³-hybridized carbons (Fsp3) is 0.273. The summed E-state index contributed by atoms with van der Waals surface area (Å²) in [5, 5.41) is 0. The molecule has 0 aliphatic carbocycles. The Morgan fingerprint density at radius 2 is 1.61 bits per heavy atom. The highest BCUT2D eigenvalue weighted by Crippen LogP contribution is 2.41. The van der Waals surface area contributed by atoms with Gasteiger partial charge in [0.1, 0.15) is 5.69 Å². The standard InChI is InChI=1S/C11H13N3O3S/c1-15-7-4-6(9-11(12)14-18-13-9)5-8(16-2)10(7)17-3/h4-5H,1-3H3,(H2,12,14). The van der Waals surface area contributed by atoms with Crippen molar-refractivity contribution < 1.29 is 14.2 Å². The van der Waals surface area contributed by atoms with Gasteiger partial charge in [0.15, 0.2) is 17.3 Å². The van der Waals surface area contributed by atoms with Gasteiger partial charge in [-0.25, -0.2) is 0 Å². The summed E-state index contributed by atoms with van der Waals surface area (Å²) >= 11 is 1.06. The van der Waals surface area contributed by atoms with Gasteiger partial charge in [-0.1, -0.05) is 0 Å². The zero-order chi connectivity index (χ0) is 13.1. The minimum Gasteiger partial charge on any atom is -0.493 e. The minimum absolute atomic E-state index is 0.384. The lowest BCUT2D eigenvalue weighted by atomic mass is 10.1. The largest absolute Gasteiger partial charge is 0.493 e. The first-order valence-electron chi connectivity index (χ1n) is 5.09. The van der Waals surface area contributed by atoms with Crippen molar-refractivity contribution in [3.8, 4) is 28.5 Å². The number of ether oxygens (including phenoxy) is 3. The summed E-state index contributed by atoms with van der Waals surface area (Å²) in [5.74, 6) is 2.03. The molecule has 0 aliphatic rings. The van der Waals surface area contributed by atoms with E-state index in [4.69, 9.17) is 19.9 Å². The highest BCUT2D eigenvalue weighted by molar-refractivity contribution is 6.99. The van der Waals surface area contributed by atoms with Crippen LogP contribution >= 0.6 is 11.7 Å². The Morgan fingerprint density at radius 1 is 1.00 bits per heavy atom. The predicted molar refractivity (Wildman–Crippen MR) is 69.4 cm³/mol. The quantitative estimate of drug-likeness (QED) is 0.910. The Labute approximate surface area is 109 Å². The maximum absolute atomic E-state index is 5.75. The van der Waals surface area contributed by atoms with Gasteiger partial charge in [-0.15, -0.1) is 0 Å². The predicted octanol–water partition coefficient (Wildman–Crippen LogP) is 1.81. The summed E-state index contributed by atoms with van der Waals surface area (Å²) in [6.07, 6.45) is 0. The van der Waals surface area contributed by atoms with Gasteiger partial charge >= 0.3 is 0 Å². The highest BCUT2D eigenvalue weighted by atomic mass is 32.1. The molecular weight excluding hydrogens is 254 g/mol. The van der Waals surface area contributed by atoms with E-state index in [1.807, 2.05) is 0 Å². The highest BCUT2D eigenvalue weighted by Gasteiger charge is 2.16. The SMILES string of the molecule is COc1cc(-c2nsnc2N)cc(OC)c1OC. The second-order valence-electron chi connectivity index (χ2n) is 3.41. The number of nitrogens with two attached hydrogens (primary N) is 1. The summed E-state index contributed by atoms with van der Waals surface area (Å²) in [7, 11) is 4.67. The van der Waals surface area contributed by atoms with Crippen LogP contribution in [-0.2, 0) is 0 Å². The summed E-state index contributed by atoms with van der Waals surface area (Å²) in [5.41, 5.74) is 7.13. The molecule has 0 unspecified atom stereocenters. The van der Waals surface area contributed by atoms with Gasteiger partial charge in [0.05, 0.1) is 33.1 Å². The van der Waals surface area contributed by atoms with Crippen molar-refractivity contribution in [2.45, 2.75) is 0 Å². The molecule has 0 aliphatic heterocycles. The third kappa shape index (κ3) is 2.04. The Kier molecular flexibility index (Phi) is 3.52. The van der Waals surface area contributed by atoms with Crippen LogP contribution in [0.2, 0.25) is 0 Å². The lowest BCUT2D eigenvalue weighted by Gasteiger charge is -2.13.